The summed E-state index contributed by atoms with van der Waals surface area (Å²) in [6.45, 7) is -1.22. The first-order valence-corrected chi connectivity index (χ1v) is 3.99. The number of halogens is 3. The van der Waals surface area contributed by atoms with Crippen LogP contribution in [0.4, 0.5) is 13.2 Å². The van der Waals surface area contributed by atoms with E-state index in [2.05, 4.69) is 5.32 Å². The fourth-order valence-electron chi connectivity index (χ4n) is 1.35. The van der Waals surface area contributed by atoms with E-state index in [0.717, 1.165) is 0 Å². The second-order valence-corrected chi connectivity index (χ2v) is 3.00. The minimum absolute atomic E-state index is 0.0316. The topological polar surface area (TPSA) is 49.4 Å². The van der Waals surface area contributed by atoms with E-state index < -0.39 is 24.7 Å². The van der Waals surface area contributed by atoms with Gasteiger partial charge in [-0.2, -0.15) is 13.2 Å². The van der Waals surface area contributed by atoms with Gasteiger partial charge in [0.1, 0.15) is 12.6 Å². The number of rotatable bonds is 3. The van der Waals surface area contributed by atoms with Crippen LogP contribution in [0.25, 0.3) is 0 Å². The Balaban J connectivity index is 2.51. The highest BCUT2D eigenvalue weighted by atomic mass is 19.4. The molecule has 0 aromatic heterocycles. The summed E-state index contributed by atoms with van der Waals surface area (Å²) >= 11 is 0. The van der Waals surface area contributed by atoms with Crippen LogP contribution in [0.5, 0.6) is 0 Å². The summed E-state index contributed by atoms with van der Waals surface area (Å²) in [7, 11) is 0. The van der Waals surface area contributed by atoms with Crippen molar-refractivity contribution in [3.05, 3.63) is 0 Å². The lowest BCUT2D eigenvalue weighted by Crippen LogP contribution is -2.41. The highest BCUT2D eigenvalue weighted by Gasteiger charge is 2.38. The highest BCUT2D eigenvalue weighted by molar-refractivity contribution is 5.85. The molecule has 1 N–H and O–H groups in total. The molecule has 1 atom stereocenters. The molecule has 2 amide bonds. The zero-order valence-corrected chi connectivity index (χ0v) is 7.17. The standard InChI is InChI=1S/C7H9F3N2O2/c8-7(9,10)3-12-2-1-5(6(12)14)11-4-13/h4-5H,1-3H2,(H,11,13). The van der Waals surface area contributed by atoms with Gasteiger partial charge in [0.15, 0.2) is 0 Å². The van der Waals surface area contributed by atoms with Crippen LogP contribution < -0.4 is 5.32 Å². The molecule has 14 heavy (non-hydrogen) atoms. The number of carbonyl (C=O) groups excluding carboxylic acids is 2. The molecule has 0 bridgehead atoms. The number of nitrogens with zero attached hydrogens (tertiary/aromatic N) is 1. The molecule has 1 fully saturated rings. The first-order chi connectivity index (χ1) is 6.44. The maximum Gasteiger partial charge on any atom is 0.406 e. The predicted molar refractivity (Wildman–Crippen MR) is 40.2 cm³/mol. The van der Waals surface area contributed by atoms with Crippen LogP contribution in [0.15, 0.2) is 0 Å². The molecule has 1 saturated heterocycles. The number of alkyl halides is 3. The van der Waals surface area contributed by atoms with Crippen molar-refractivity contribution in [1.82, 2.24) is 10.2 Å². The minimum Gasteiger partial charge on any atom is -0.347 e. The minimum atomic E-state index is -4.38. The Morgan fingerprint density at radius 2 is 2.21 bits per heavy atom. The van der Waals surface area contributed by atoms with Gasteiger partial charge in [0.2, 0.25) is 12.3 Å². The number of hydrogen-bond acceptors (Lipinski definition) is 2. The number of amides is 2. The van der Waals surface area contributed by atoms with Crippen LogP contribution in [0.2, 0.25) is 0 Å². The third-order valence-electron chi connectivity index (χ3n) is 1.94. The largest absolute Gasteiger partial charge is 0.406 e. The van der Waals surface area contributed by atoms with Crippen LogP contribution >= 0.6 is 0 Å². The van der Waals surface area contributed by atoms with E-state index in [-0.39, 0.29) is 13.0 Å². The van der Waals surface area contributed by atoms with Crippen molar-refractivity contribution in [2.24, 2.45) is 0 Å². The van der Waals surface area contributed by atoms with Crippen molar-refractivity contribution in [1.29, 1.82) is 0 Å². The molecule has 7 heteroatoms. The molecule has 0 aromatic rings. The highest BCUT2D eigenvalue weighted by Crippen LogP contribution is 2.20. The van der Waals surface area contributed by atoms with Crippen molar-refractivity contribution in [3.63, 3.8) is 0 Å². The average Bonchev–Trinajstić information content (AvgIpc) is 2.34. The lowest BCUT2D eigenvalue weighted by molar-refractivity contribution is -0.158. The summed E-state index contributed by atoms with van der Waals surface area (Å²) < 4.78 is 35.7. The summed E-state index contributed by atoms with van der Waals surface area (Å²) in [4.78, 5) is 21.9. The van der Waals surface area contributed by atoms with Gasteiger partial charge in [0.25, 0.3) is 0 Å². The Labute approximate surface area is 78.1 Å². The molecule has 1 unspecified atom stereocenters. The number of hydrogen-bond donors (Lipinski definition) is 1. The molecule has 80 valence electrons. The molecular formula is C7H9F3N2O2. The Morgan fingerprint density at radius 1 is 1.57 bits per heavy atom. The Hall–Kier alpha value is -1.27. The fraction of sp³-hybridized carbons (Fsp3) is 0.714. The van der Waals surface area contributed by atoms with Gasteiger partial charge in [-0.3, -0.25) is 9.59 Å². The Bertz CT molecular complexity index is 242. The Morgan fingerprint density at radius 3 is 2.71 bits per heavy atom. The van der Waals surface area contributed by atoms with Crippen molar-refractivity contribution < 1.29 is 22.8 Å². The quantitative estimate of drug-likeness (QED) is 0.661. The van der Waals surface area contributed by atoms with Crippen LogP contribution in [-0.4, -0.2) is 42.5 Å². The number of likely N-dealkylation sites (tertiary alicyclic amines) is 1. The summed E-state index contributed by atoms with van der Waals surface area (Å²) in [6.07, 6.45) is -3.83. The van der Waals surface area contributed by atoms with Gasteiger partial charge in [0, 0.05) is 6.54 Å². The normalized spacial score (nSPS) is 22.6. The number of carbonyl (C=O) groups is 2. The second kappa shape index (κ2) is 3.85. The molecule has 0 radical (unpaired) electrons. The van der Waals surface area contributed by atoms with Gasteiger partial charge in [-0.1, -0.05) is 0 Å². The van der Waals surface area contributed by atoms with Crippen LogP contribution in [0.3, 0.4) is 0 Å². The molecule has 0 spiro atoms. The average molecular weight is 210 g/mol. The molecule has 1 heterocycles. The van der Waals surface area contributed by atoms with Gasteiger partial charge in [-0.15, -0.1) is 0 Å². The number of nitrogens with one attached hydrogen (secondary N) is 1. The van der Waals surface area contributed by atoms with E-state index in [1.165, 1.54) is 0 Å². The molecule has 1 aliphatic rings. The van der Waals surface area contributed by atoms with E-state index in [1.807, 2.05) is 0 Å². The van der Waals surface area contributed by atoms with E-state index in [9.17, 15) is 22.8 Å². The molecule has 0 aliphatic carbocycles. The smallest absolute Gasteiger partial charge is 0.347 e. The lowest BCUT2D eigenvalue weighted by Gasteiger charge is -2.18. The molecule has 4 nitrogen and oxygen atoms in total. The van der Waals surface area contributed by atoms with Gasteiger partial charge in [-0.25, -0.2) is 0 Å². The van der Waals surface area contributed by atoms with Crippen molar-refractivity contribution >= 4 is 12.3 Å². The van der Waals surface area contributed by atoms with Gasteiger partial charge < -0.3 is 10.2 Å². The third kappa shape index (κ3) is 2.61. The molecule has 1 aliphatic heterocycles. The maximum absolute atomic E-state index is 11.9. The monoisotopic (exact) mass is 210 g/mol. The fourth-order valence-corrected chi connectivity index (χ4v) is 1.35. The molecule has 0 aromatic carbocycles. The van der Waals surface area contributed by atoms with Gasteiger partial charge in [0.05, 0.1) is 0 Å². The second-order valence-electron chi connectivity index (χ2n) is 3.00. The summed E-state index contributed by atoms with van der Waals surface area (Å²) in [6, 6.07) is -0.796. The summed E-state index contributed by atoms with van der Waals surface area (Å²) in [5.74, 6) is -0.672. The molecular weight excluding hydrogens is 201 g/mol. The third-order valence-corrected chi connectivity index (χ3v) is 1.94. The van der Waals surface area contributed by atoms with E-state index in [1.54, 1.807) is 0 Å². The predicted octanol–water partition coefficient (Wildman–Crippen LogP) is -0.104. The first kappa shape index (κ1) is 10.8. The summed E-state index contributed by atoms with van der Waals surface area (Å²) in [5.41, 5.74) is 0. The van der Waals surface area contributed by atoms with Crippen molar-refractivity contribution in [3.8, 4) is 0 Å². The summed E-state index contributed by atoms with van der Waals surface area (Å²) in [5, 5.41) is 2.17. The lowest BCUT2D eigenvalue weighted by atomic mass is 10.3. The zero-order valence-electron chi connectivity index (χ0n) is 7.17. The Kier molecular flexibility index (Phi) is 2.97. The van der Waals surface area contributed by atoms with Crippen molar-refractivity contribution in [2.45, 2.75) is 18.6 Å². The first-order valence-electron chi connectivity index (χ1n) is 3.99. The molecule has 1 rings (SSSR count). The molecule has 0 saturated carbocycles. The van der Waals surface area contributed by atoms with Gasteiger partial charge >= 0.3 is 6.18 Å². The van der Waals surface area contributed by atoms with Crippen molar-refractivity contribution in [2.75, 3.05) is 13.1 Å². The van der Waals surface area contributed by atoms with E-state index >= 15 is 0 Å². The SMILES string of the molecule is O=CNC1CCN(CC(F)(F)F)C1=O. The van der Waals surface area contributed by atoms with Crippen LogP contribution in [-0.2, 0) is 9.59 Å². The van der Waals surface area contributed by atoms with Gasteiger partial charge in [-0.05, 0) is 6.42 Å². The maximum atomic E-state index is 11.9. The zero-order chi connectivity index (χ0) is 10.8. The van der Waals surface area contributed by atoms with E-state index in [0.29, 0.717) is 11.3 Å². The van der Waals surface area contributed by atoms with Crippen LogP contribution in [0.1, 0.15) is 6.42 Å². The van der Waals surface area contributed by atoms with Crippen LogP contribution in [0, 0.1) is 0 Å². The van der Waals surface area contributed by atoms with E-state index in [4.69, 9.17) is 0 Å².